The molecule has 0 bridgehead atoms. The first-order chi connectivity index (χ1) is 4.20. The monoisotopic (exact) mass is 157 g/mol. The normalized spacial score (nSPS) is 8.50. The summed E-state index contributed by atoms with van der Waals surface area (Å²) >= 11 is 0. The molecule has 0 amide bonds. The smallest absolute Gasteiger partial charge is 0.138 e. The second-order valence-electron chi connectivity index (χ2n) is 2.06. The van der Waals surface area contributed by atoms with Crippen molar-refractivity contribution in [1.82, 2.24) is 0 Å². The lowest BCUT2D eigenvalue weighted by atomic mass is 10.2. The van der Waals surface area contributed by atoms with Crippen LogP contribution in [0.2, 0.25) is 0 Å². The Hall–Kier alpha value is -0.830. The first-order valence-electron chi connectivity index (χ1n) is 2.75. The summed E-state index contributed by atoms with van der Waals surface area (Å²) < 4.78 is 0. The summed E-state index contributed by atoms with van der Waals surface area (Å²) in [6.45, 7) is 1.93. The summed E-state index contributed by atoms with van der Waals surface area (Å²) in [5.41, 5.74) is 6.87. The maximum atomic E-state index is 8.92. The van der Waals surface area contributed by atoms with Crippen molar-refractivity contribution in [2.45, 2.75) is 6.92 Å². The van der Waals surface area contributed by atoms with Gasteiger partial charge in [-0.1, -0.05) is 6.07 Å². The number of aryl methyl sites for hydroxylation is 1. The van der Waals surface area contributed by atoms with Crippen LogP contribution in [0.5, 0.6) is 5.75 Å². The molecule has 0 heterocycles. The van der Waals surface area contributed by atoms with Crippen molar-refractivity contribution in [2.24, 2.45) is 0 Å². The molecule has 0 atom stereocenters. The Morgan fingerprint density at radius 1 is 1.40 bits per heavy atom. The van der Waals surface area contributed by atoms with Crippen molar-refractivity contribution >= 4 is 19.2 Å². The number of anilines is 1. The van der Waals surface area contributed by atoms with Crippen molar-refractivity contribution in [2.75, 3.05) is 5.73 Å². The lowest BCUT2D eigenvalue weighted by Gasteiger charge is -1.97. The third-order valence-corrected chi connectivity index (χ3v) is 1.18. The fourth-order valence-corrected chi connectivity index (χ4v) is 0.674. The second-order valence-corrected chi connectivity index (χ2v) is 2.06. The molecule has 0 aromatic heterocycles. The highest BCUT2D eigenvalue weighted by Gasteiger charge is 1.92. The SMILES string of the molecule is Cc1ccc(O)c(N)c1.S. The summed E-state index contributed by atoms with van der Waals surface area (Å²) in [5.74, 6) is 0.153. The van der Waals surface area contributed by atoms with E-state index in [0.717, 1.165) is 5.56 Å². The van der Waals surface area contributed by atoms with Crippen LogP contribution in [-0.2, 0) is 0 Å². The quantitative estimate of drug-likeness (QED) is 0.441. The van der Waals surface area contributed by atoms with Crippen molar-refractivity contribution in [3.8, 4) is 5.75 Å². The van der Waals surface area contributed by atoms with E-state index in [-0.39, 0.29) is 19.2 Å². The van der Waals surface area contributed by atoms with Crippen molar-refractivity contribution in [3.63, 3.8) is 0 Å². The zero-order chi connectivity index (χ0) is 6.85. The third kappa shape index (κ3) is 1.84. The van der Waals surface area contributed by atoms with E-state index in [1.165, 1.54) is 0 Å². The van der Waals surface area contributed by atoms with Crippen LogP contribution in [0.15, 0.2) is 18.2 Å². The van der Waals surface area contributed by atoms with Crippen molar-refractivity contribution in [3.05, 3.63) is 23.8 Å². The zero-order valence-electron chi connectivity index (χ0n) is 5.76. The molecule has 1 rings (SSSR count). The summed E-state index contributed by atoms with van der Waals surface area (Å²) in [4.78, 5) is 0. The Morgan fingerprint density at radius 3 is 2.40 bits per heavy atom. The Balaban J connectivity index is 0.000000810. The Morgan fingerprint density at radius 2 is 2.00 bits per heavy atom. The average Bonchev–Trinajstić information content (AvgIpc) is 1.80. The predicted octanol–water partition coefficient (Wildman–Crippen LogP) is 1.40. The molecule has 0 saturated heterocycles. The van der Waals surface area contributed by atoms with E-state index in [1.807, 2.05) is 13.0 Å². The second kappa shape index (κ2) is 3.37. The fourth-order valence-electron chi connectivity index (χ4n) is 0.674. The number of phenolic OH excluding ortho intramolecular Hbond substituents is 1. The van der Waals surface area contributed by atoms with Crippen LogP contribution < -0.4 is 5.73 Å². The molecular formula is C7H11NOS. The van der Waals surface area contributed by atoms with Gasteiger partial charge in [-0.2, -0.15) is 13.5 Å². The molecule has 0 fully saturated rings. The number of rotatable bonds is 0. The van der Waals surface area contributed by atoms with Gasteiger partial charge in [0.25, 0.3) is 0 Å². The van der Waals surface area contributed by atoms with E-state index in [2.05, 4.69) is 0 Å². The summed E-state index contributed by atoms with van der Waals surface area (Å²) in [7, 11) is 0. The van der Waals surface area contributed by atoms with Crippen LogP contribution in [0.4, 0.5) is 5.69 Å². The lowest BCUT2D eigenvalue weighted by Crippen LogP contribution is -1.85. The minimum atomic E-state index is 0. The van der Waals surface area contributed by atoms with Gasteiger partial charge in [0.05, 0.1) is 5.69 Å². The summed E-state index contributed by atoms with van der Waals surface area (Å²) in [5, 5.41) is 8.92. The maximum absolute atomic E-state index is 8.92. The predicted molar refractivity (Wildman–Crippen MR) is 47.6 cm³/mol. The van der Waals surface area contributed by atoms with Crippen LogP contribution in [0.25, 0.3) is 0 Å². The number of phenols is 1. The maximum Gasteiger partial charge on any atom is 0.138 e. The first kappa shape index (κ1) is 9.17. The van der Waals surface area contributed by atoms with E-state index in [9.17, 15) is 0 Å². The Bertz CT molecular complexity index is 225. The van der Waals surface area contributed by atoms with Gasteiger partial charge in [0.2, 0.25) is 0 Å². The van der Waals surface area contributed by atoms with Crippen molar-refractivity contribution < 1.29 is 5.11 Å². The van der Waals surface area contributed by atoms with Gasteiger partial charge in [-0.25, -0.2) is 0 Å². The number of nitrogen functional groups attached to an aromatic ring is 1. The van der Waals surface area contributed by atoms with Crippen molar-refractivity contribution in [1.29, 1.82) is 0 Å². The van der Waals surface area contributed by atoms with E-state index in [1.54, 1.807) is 12.1 Å². The van der Waals surface area contributed by atoms with Gasteiger partial charge in [0.1, 0.15) is 5.75 Å². The third-order valence-electron chi connectivity index (χ3n) is 1.18. The minimum absolute atomic E-state index is 0. The van der Waals surface area contributed by atoms with Gasteiger partial charge >= 0.3 is 0 Å². The molecule has 1 aromatic carbocycles. The standard InChI is InChI=1S/C7H9NO.H2S/c1-5-2-3-7(9)6(8)4-5;/h2-4,9H,8H2,1H3;1H2. The van der Waals surface area contributed by atoms with Crippen LogP contribution in [-0.4, -0.2) is 5.11 Å². The number of aromatic hydroxyl groups is 1. The molecule has 56 valence electrons. The lowest BCUT2D eigenvalue weighted by molar-refractivity contribution is 0.478. The summed E-state index contributed by atoms with van der Waals surface area (Å²) in [6.07, 6.45) is 0. The molecule has 2 nitrogen and oxygen atoms in total. The van der Waals surface area contributed by atoms with E-state index in [0.29, 0.717) is 5.69 Å². The molecule has 3 N–H and O–H groups in total. The average molecular weight is 157 g/mol. The van der Waals surface area contributed by atoms with Gasteiger partial charge in [0, 0.05) is 0 Å². The molecule has 0 aliphatic carbocycles. The zero-order valence-corrected chi connectivity index (χ0v) is 6.76. The van der Waals surface area contributed by atoms with E-state index < -0.39 is 0 Å². The van der Waals surface area contributed by atoms with E-state index >= 15 is 0 Å². The van der Waals surface area contributed by atoms with Crippen LogP contribution in [0, 0.1) is 6.92 Å². The molecule has 0 spiro atoms. The highest BCUT2D eigenvalue weighted by Crippen LogP contribution is 2.19. The molecule has 0 saturated carbocycles. The molecule has 1 aromatic rings. The van der Waals surface area contributed by atoms with Crippen LogP contribution in [0.1, 0.15) is 5.56 Å². The van der Waals surface area contributed by atoms with Gasteiger partial charge in [0.15, 0.2) is 0 Å². The molecule has 0 aliphatic heterocycles. The van der Waals surface area contributed by atoms with Crippen LogP contribution >= 0.6 is 13.5 Å². The molecule has 3 heteroatoms. The Kier molecular flexibility index (Phi) is 3.09. The van der Waals surface area contributed by atoms with Gasteiger partial charge in [-0.15, -0.1) is 0 Å². The van der Waals surface area contributed by atoms with Gasteiger partial charge < -0.3 is 10.8 Å². The van der Waals surface area contributed by atoms with Gasteiger partial charge in [-0.05, 0) is 24.6 Å². The molecule has 0 unspecified atom stereocenters. The fraction of sp³-hybridized carbons (Fsp3) is 0.143. The first-order valence-corrected chi connectivity index (χ1v) is 2.75. The van der Waals surface area contributed by atoms with Crippen LogP contribution in [0.3, 0.4) is 0 Å². The number of hydrogen-bond acceptors (Lipinski definition) is 2. The summed E-state index contributed by atoms with van der Waals surface area (Å²) in [6, 6.07) is 5.13. The molecule has 10 heavy (non-hydrogen) atoms. The molecular weight excluding hydrogens is 146 g/mol. The largest absolute Gasteiger partial charge is 0.506 e. The molecule has 0 radical (unpaired) electrons. The number of nitrogens with two attached hydrogens (primary N) is 1. The Labute approximate surface area is 67.1 Å². The van der Waals surface area contributed by atoms with E-state index in [4.69, 9.17) is 10.8 Å². The highest BCUT2D eigenvalue weighted by atomic mass is 32.1. The molecule has 0 aliphatic rings. The van der Waals surface area contributed by atoms with Gasteiger partial charge in [-0.3, -0.25) is 0 Å². The topological polar surface area (TPSA) is 46.2 Å². The number of hydrogen-bond donors (Lipinski definition) is 2. The number of benzene rings is 1. The minimum Gasteiger partial charge on any atom is -0.506 e. The highest BCUT2D eigenvalue weighted by molar-refractivity contribution is 7.59.